The summed E-state index contributed by atoms with van der Waals surface area (Å²) in [5, 5.41) is 3.42. The predicted molar refractivity (Wildman–Crippen MR) is 64.2 cm³/mol. The zero-order chi connectivity index (χ0) is 11.8. The molecule has 0 spiro atoms. The molecular formula is C12H21N3O. The fourth-order valence-electron chi connectivity index (χ4n) is 1.61. The molecule has 1 rings (SSSR count). The van der Waals surface area contributed by atoms with E-state index in [1.807, 2.05) is 6.20 Å². The van der Waals surface area contributed by atoms with E-state index in [-0.39, 0.29) is 12.1 Å². The Hall–Kier alpha value is -1.00. The SMILES string of the molecule is CCNC(CCC(C)OC)c1cnccn1. The smallest absolute Gasteiger partial charge is 0.0756 e. The highest BCUT2D eigenvalue weighted by molar-refractivity contribution is 5.02. The molecule has 0 bridgehead atoms. The van der Waals surface area contributed by atoms with Crippen molar-refractivity contribution < 1.29 is 4.74 Å². The maximum atomic E-state index is 5.25. The standard InChI is InChI=1S/C12H21N3O/c1-4-14-11(6-5-10(2)16-3)12-9-13-7-8-15-12/h7-11,14H,4-6H2,1-3H3. The van der Waals surface area contributed by atoms with Gasteiger partial charge in [-0.25, -0.2) is 0 Å². The van der Waals surface area contributed by atoms with Crippen molar-refractivity contribution in [3.05, 3.63) is 24.3 Å². The summed E-state index contributed by atoms with van der Waals surface area (Å²) in [4.78, 5) is 8.44. The largest absolute Gasteiger partial charge is 0.382 e. The summed E-state index contributed by atoms with van der Waals surface area (Å²) in [5.74, 6) is 0. The topological polar surface area (TPSA) is 47.0 Å². The van der Waals surface area contributed by atoms with Crippen LogP contribution in [-0.2, 0) is 4.74 Å². The molecule has 4 heteroatoms. The van der Waals surface area contributed by atoms with Crippen molar-refractivity contribution in [3.63, 3.8) is 0 Å². The van der Waals surface area contributed by atoms with Crippen LogP contribution in [0.25, 0.3) is 0 Å². The lowest BCUT2D eigenvalue weighted by Crippen LogP contribution is -2.23. The Labute approximate surface area is 97.5 Å². The van der Waals surface area contributed by atoms with Gasteiger partial charge in [0, 0.05) is 25.7 Å². The first-order valence-electron chi connectivity index (χ1n) is 5.80. The minimum atomic E-state index is 0.274. The number of nitrogens with zero attached hydrogens (tertiary/aromatic N) is 2. The molecule has 0 aromatic carbocycles. The van der Waals surface area contributed by atoms with Gasteiger partial charge in [0.25, 0.3) is 0 Å². The molecule has 1 N–H and O–H groups in total. The van der Waals surface area contributed by atoms with Crippen molar-refractivity contribution in [3.8, 4) is 0 Å². The van der Waals surface area contributed by atoms with Crippen LogP contribution in [0.2, 0.25) is 0 Å². The van der Waals surface area contributed by atoms with Crippen LogP contribution in [0.4, 0.5) is 0 Å². The van der Waals surface area contributed by atoms with Crippen molar-refractivity contribution in [1.82, 2.24) is 15.3 Å². The van der Waals surface area contributed by atoms with Gasteiger partial charge in [0.1, 0.15) is 0 Å². The molecule has 1 heterocycles. The van der Waals surface area contributed by atoms with E-state index in [4.69, 9.17) is 4.74 Å². The second-order valence-electron chi connectivity index (χ2n) is 3.86. The van der Waals surface area contributed by atoms with Crippen LogP contribution in [0.1, 0.15) is 38.4 Å². The molecule has 0 aliphatic carbocycles. The van der Waals surface area contributed by atoms with Gasteiger partial charge in [0.2, 0.25) is 0 Å². The summed E-state index contributed by atoms with van der Waals surface area (Å²) >= 11 is 0. The maximum absolute atomic E-state index is 5.25. The van der Waals surface area contributed by atoms with Gasteiger partial charge in [-0.15, -0.1) is 0 Å². The Bertz CT molecular complexity index is 279. The lowest BCUT2D eigenvalue weighted by molar-refractivity contribution is 0.106. The van der Waals surface area contributed by atoms with E-state index < -0.39 is 0 Å². The molecule has 0 amide bonds. The molecular weight excluding hydrogens is 202 g/mol. The number of hydrogen-bond acceptors (Lipinski definition) is 4. The van der Waals surface area contributed by atoms with E-state index in [1.54, 1.807) is 19.5 Å². The monoisotopic (exact) mass is 223 g/mol. The van der Waals surface area contributed by atoms with Gasteiger partial charge < -0.3 is 10.1 Å². The third kappa shape index (κ3) is 4.24. The molecule has 0 saturated heterocycles. The number of rotatable bonds is 7. The zero-order valence-corrected chi connectivity index (χ0v) is 10.3. The summed E-state index contributed by atoms with van der Waals surface area (Å²) < 4.78 is 5.25. The minimum absolute atomic E-state index is 0.274. The number of hydrogen-bond donors (Lipinski definition) is 1. The number of methoxy groups -OCH3 is 1. The maximum Gasteiger partial charge on any atom is 0.0756 e. The van der Waals surface area contributed by atoms with Gasteiger partial charge in [-0.1, -0.05) is 6.92 Å². The van der Waals surface area contributed by atoms with Crippen molar-refractivity contribution in [1.29, 1.82) is 0 Å². The molecule has 90 valence electrons. The van der Waals surface area contributed by atoms with E-state index in [0.717, 1.165) is 25.1 Å². The van der Waals surface area contributed by atoms with E-state index in [0.29, 0.717) is 0 Å². The first-order chi connectivity index (χ1) is 7.77. The van der Waals surface area contributed by atoms with E-state index in [1.165, 1.54) is 0 Å². The van der Waals surface area contributed by atoms with Gasteiger partial charge in [0.05, 0.1) is 17.8 Å². The van der Waals surface area contributed by atoms with Crippen LogP contribution >= 0.6 is 0 Å². The normalized spacial score (nSPS) is 14.7. The highest BCUT2D eigenvalue weighted by Crippen LogP contribution is 2.16. The van der Waals surface area contributed by atoms with Gasteiger partial charge >= 0.3 is 0 Å². The third-order valence-electron chi connectivity index (χ3n) is 2.65. The summed E-state index contributed by atoms with van der Waals surface area (Å²) in [6, 6.07) is 0.274. The van der Waals surface area contributed by atoms with Gasteiger partial charge in [-0.05, 0) is 26.3 Å². The van der Waals surface area contributed by atoms with E-state index in [2.05, 4.69) is 29.1 Å². The summed E-state index contributed by atoms with van der Waals surface area (Å²) in [7, 11) is 1.75. The summed E-state index contributed by atoms with van der Waals surface area (Å²) in [6.07, 6.45) is 7.58. The predicted octanol–water partition coefficient (Wildman–Crippen LogP) is 1.94. The Morgan fingerprint density at radius 2 is 2.19 bits per heavy atom. The molecule has 0 radical (unpaired) electrons. The summed E-state index contributed by atoms with van der Waals surface area (Å²) in [6.45, 7) is 5.12. The average Bonchev–Trinajstić information content (AvgIpc) is 2.35. The Balaban J connectivity index is 2.54. The van der Waals surface area contributed by atoms with Crippen LogP contribution < -0.4 is 5.32 Å². The van der Waals surface area contributed by atoms with Crippen LogP contribution in [0.15, 0.2) is 18.6 Å². The molecule has 2 unspecified atom stereocenters. The van der Waals surface area contributed by atoms with Crippen molar-refractivity contribution in [2.75, 3.05) is 13.7 Å². The van der Waals surface area contributed by atoms with Crippen LogP contribution in [0.5, 0.6) is 0 Å². The Kier molecular flexibility index (Phi) is 5.96. The number of nitrogens with one attached hydrogen (secondary N) is 1. The molecule has 1 aromatic rings. The third-order valence-corrected chi connectivity index (χ3v) is 2.65. The van der Waals surface area contributed by atoms with Gasteiger partial charge in [0.15, 0.2) is 0 Å². The van der Waals surface area contributed by atoms with E-state index in [9.17, 15) is 0 Å². The Morgan fingerprint density at radius 1 is 1.38 bits per heavy atom. The zero-order valence-electron chi connectivity index (χ0n) is 10.3. The molecule has 1 aromatic heterocycles. The highest BCUT2D eigenvalue weighted by atomic mass is 16.5. The number of aromatic nitrogens is 2. The van der Waals surface area contributed by atoms with Crippen molar-refractivity contribution in [2.24, 2.45) is 0 Å². The summed E-state index contributed by atoms with van der Waals surface area (Å²) in [5.41, 5.74) is 1.01. The molecule has 4 nitrogen and oxygen atoms in total. The molecule has 2 atom stereocenters. The number of ether oxygens (including phenoxy) is 1. The average molecular weight is 223 g/mol. The fraction of sp³-hybridized carbons (Fsp3) is 0.667. The second-order valence-corrected chi connectivity index (χ2v) is 3.86. The Morgan fingerprint density at radius 3 is 2.75 bits per heavy atom. The van der Waals surface area contributed by atoms with Crippen LogP contribution in [-0.4, -0.2) is 29.7 Å². The highest BCUT2D eigenvalue weighted by Gasteiger charge is 2.13. The van der Waals surface area contributed by atoms with Crippen LogP contribution in [0.3, 0.4) is 0 Å². The lowest BCUT2D eigenvalue weighted by Gasteiger charge is -2.18. The first-order valence-corrected chi connectivity index (χ1v) is 5.80. The second kappa shape index (κ2) is 7.30. The molecule has 0 fully saturated rings. The van der Waals surface area contributed by atoms with Gasteiger partial charge in [-0.3, -0.25) is 9.97 Å². The fourth-order valence-corrected chi connectivity index (χ4v) is 1.61. The van der Waals surface area contributed by atoms with E-state index >= 15 is 0 Å². The lowest BCUT2D eigenvalue weighted by atomic mass is 10.1. The van der Waals surface area contributed by atoms with Crippen molar-refractivity contribution in [2.45, 2.75) is 38.8 Å². The molecule has 16 heavy (non-hydrogen) atoms. The molecule has 0 aliphatic rings. The van der Waals surface area contributed by atoms with Crippen LogP contribution in [0, 0.1) is 0 Å². The van der Waals surface area contributed by atoms with Gasteiger partial charge in [-0.2, -0.15) is 0 Å². The van der Waals surface area contributed by atoms with Crippen molar-refractivity contribution >= 4 is 0 Å². The molecule has 0 aliphatic heterocycles. The first kappa shape index (κ1) is 13.1. The molecule has 0 saturated carbocycles. The quantitative estimate of drug-likeness (QED) is 0.767. The minimum Gasteiger partial charge on any atom is -0.382 e.